The molecule has 1 unspecified atom stereocenters. The number of H-pyrrole nitrogens is 1. The number of halogens is 5. The molecule has 1 atom stereocenters. The van der Waals surface area contributed by atoms with Crippen LogP contribution in [0.2, 0.25) is 5.02 Å². The van der Waals surface area contributed by atoms with E-state index in [1.165, 1.54) is 12.0 Å². The third-order valence-corrected chi connectivity index (χ3v) is 5.75. The molecule has 1 N–H and O–H groups in total. The summed E-state index contributed by atoms with van der Waals surface area (Å²) in [5.41, 5.74) is 0.247. The fourth-order valence-corrected chi connectivity index (χ4v) is 3.72. The number of methoxy groups -OCH3 is 1. The van der Waals surface area contributed by atoms with Crippen molar-refractivity contribution in [2.75, 3.05) is 18.6 Å². The first-order valence-electron chi connectivity index (χ1n) is 7.84. The number of nitrogens with zero attached hydrogens (tertiary/aromatic N) is 1. The van der Waals surface area contributed by atoms with Crippen molar-refractivity contribution in [2.45, 2.75) is 12.8 Å². The van der Waals surface area contributed by atoms with Crippen LogP contribution in [-0.4, -0.2) is 30.5 Å². The first-order chi connectivity index (χ1) is 12.7. The fraction of sp³-hybridized carbons (Fsp3) is 0.294. The van der Waals surface area contributed by atoms with Crippen molar-refractivity contribution in [3.8, 4) is 0 Å². The smallest absolute Gasteiger partial charge is 0.355 e. The Morgan fingerprint density at radius 1 is 1.37 bits per heavy atom. The van der Waals surface area contributed by atoms with E-state index in [4.69, 9.17) is 11.6 Å². The molecule has 1 aromatic carbocycles. The lowest BCUT2D eigenvalue weighted by Crippen LogP contribution is -2.28. The summed E-state index contributed by atoms with van der Waals surface area (Å²) in [5, 5.41) is 0.142. The highest BCUT2D eigenvalue weighted by Gasteiger charge is 2.36. The van der Waals surface area contributed by atoms with Gasteiger partial charge in [-0.2, -0.15) is 0 Å². The number of carbonyl (C=O) groups is 2. The molecule has 2 aromatic rings. The highest BCUT2D eigenvalue weighted by molar-refractivity contribution is 9.10. The number of aromatic nitrogens is 1. The van der Waals surface area contributed by atoms with E-state index in [1.54, 1.807) is 0 Å². The molecule has 1 aliphatic heterocycles. The molecular formula is C17H13BrClF3N2O3. The van der Waals surface area contributed by atoms with E-state index in [0.29, 0.717) is 13.0 Å². The number of amides is 1. The number of nitrogens with one attached hydrogen (secondary N) is 1. The molecule has 1 amide bonds. The molecule has 5 nitrogen and oxygen atoms in total. The van der Waals surface area contributed by atoms with Crippen molar-refractivity contribution >= 4 is 45.2 Å². The second-order valence-corrected chi connectivity index (χ2v) is 7.19. The van der Waals surface area contributed by atoms with Crippen molar-refractivity contribution in [3.63, 3.8) is 0 Å². The molecule has 144 valence electrons. The monoisotopic (exact) mass is 464 g/mol. The summed E-state index contributed by atoms with van der Waals surface area (Å²) in [6, 6.07) is 1.75. The number of rotatable bonds is 4. The summed E-state index contributed by atoms with van der Waals surface area (Å²) in [4.78, 5) is 28.6. The summed E-state index contributed by atoms with van der Waals surface area (Å²) in [6.45, 7) is 0.295. The van der Waals surface area contributed by atoms with Crippen LogP contribution >= 0.6 is 27.5 Å². The predicted molar refractivity (Wildman–Crippen MR) is 95.3 cm³/mol. The standard InChI is InChI=1S/C17H13BrClF3N2O3/c1-27-17(26)14-11(18)12(19)15(23-14)24-3-2-8(16(24)25)4-7-5-9(20)13(22)10(21)6-7/h5-6,8,23H,2-4H2,1H3. The highest BCUT2D eigenvalue weighted by Crippen LogP contribution is 2.39. The Kier molecular flexibility index (Phi) is 5.53. The Labute approximate surface area is 165 Å². The Morgan fingerprint density at radius 3 is 2.59 bits per heavy atom. The van der Waals surface area contributed by atoms with Gasteiger partial charge in [0.1, 0.15) is 11.5 Å². The maximum atomic E-state index is 13.4. The summed E-state index contributed by atoms with van der Waals surface area (Å²) in [6.07, 6.45) is 0.451. The van der Waals surface area contributed by atoms with Crippen LogP contribution in [0.4, 0.5) is 19.0 Å². The number of hydrogen-bond donors (Lipinski definition) is 1. The number of aromatic amines is 1. The maximum absolute atomic E-state index is 13.4. The summed E-state index contributed by atoms with van der Waals surface area (Å²) < 4.78 is 44.7. The van der Waals surface area contributed by atoms with Crippen molar-refractivity contribution in [1.82, 2.24) is 4.98 Å². The Morgan fingerprint density at radius 2 is 2.00 bits per heavy atom. The third kappa shape index (κ3) is 3.58. The van der Waals surface area contributed by atoms with Gasteiger partial charge in [0.25, 0.3) is 0 Å². The zero-order chi connectivity index (χ0) is 19.9. The first kappa shape index (κ1) is 19.8. The lowest BCUT2D eigenvalue weighted by atomic mass is 9.98. The molecule has 0 bridgehead atoms. The number of benzene rings is 1. The summed E-state index contributed by atoms with van der Waals surface area (Å²) >= 11 is 9.39. The SMILES string of the molecule is COC(=O)c1[nH]c(N2CCC(Cc3cc(F)c(F)c(F)c3)C2=O)c(Cl)c1Br. The highest BCUT2D eigenvalue weighted by atomic mass is 79.9. The van der Waals surface area contributed by atoms with Gasteiger partial charge >= 0.3 is 5.97 Å². The van der Waals surface area contributed by atoms with Gasteiger partial charge < -0.3 is 9.72 Å². The average molecular weight is 466 g/mol. The molecular weight excluding hydrogens is 453 g/mol. The predicted octanol–water partition coefficient (Wildman–Crippen LogP) is 4.23. The molecule has 0 aliphatic carbocycles. The maximum Gasteiger partial charge on any atom is 0.355 e. The molecule has 2 heterocycles. The minimum Gasteiger partial charge on any atom is -0.464 e. The van der Waals surface area contributed by atoms with Crippen LogP contribution in [0, 0.1) is 23.4 Å². The van der Waals surface area contributed by atoms with E-state index >= 15 is 0 Å². The lowest BCUT2D eigenvalue weighted by molar-refractivity contribution is -0.120. The molecule has 0 spiro atoms. The van der Waals surface area contributed by atoms with Crippen LogP contribution in [-0.2, 0) is 16.0 Å². The van der Waals surface area contributed by atoms with Crippen molar-refractivity contribution in [3.05, 3.63) is 50.3 Å². The molecule has 1 aliphatic rings. The number of hydrogen-bond acceptors (Lipinski definition) is 3. The number of esters is 1. The first-order valence-corrected chi connectivity index (χ1v) is 9.01. The van der Waals surface area contributed by atoms with Gasteiger partial charge in [-0.05, 0) is 46.5 Å². The molecule has 0 radical (unpaired) electrons. The van der Waals surface area contributed by atoms with Gasteiger partial charge in [-0.3, -0.25) is 9.69 Å². The zero-order valence-electron chi connectivity index (χ0n) is 13.9. The number of carbonyl (C=O) groups excluding carboxylic acids is 2. The molecule has 1 fully saturated rings. The quantitative estimate of drug-likeness (QED) is 0.543. The third-order valence-electron chi connectivity index (χ3n) is 4.37. The van der Waals surface area contributed by atoms with Crippen LogP contribution in [0.1, 0.15) is 22.5 Å². The number of anilines is 1. The minimum atomic E-state index is -1.54. The second kappa shape index (κ2) is 7.55. The van der Waals surface area contributed by atoms with Gasteiger partial charge in [0.05, 0.1) is 16.6 Å². The molecule has 3 rings (SSSR count). The molecule has 10 heteroatoms. The largest absolute Gasteiger partial charge is 0.464 e. The Bertz CT molecular complexity index is 911. The zero-order valence-corrected chi connectivity index (χ0v) is 16.3. The van der Waals surface area contributed by atoms with Gasteiger partial charge in [0.2, 0.25) is 5.91 Å². The van der Waals surface area contributed by atoms with E-state index in [2.05, 4.69) is 25.7 Å². The lowest BCUT2D eigenvalue weighted by Gasteiger charge is -2.16. The Hall–Kier alpha value is -2.00. The normalized spacial score (nSPS) is 16.9. The van der Waals surface area contributed by atoms with Crippen LogP contribution in [0.5, 0.6) is 0 Å². The summed E-state index contributed by atoms with van der Waals surface area (Å²) in [7, 11) is 1.21. The van der Waals surface area contributed by atoms with Gasteiger partial charge in [-0.15, -0.1) is 0 Å². The Balaban J connectivity index is 1.83. The second-order valence-electron chi connectivity index (χ2n) is 6.02. The van der Waals surface area contributed by atoms with Crippen LogP contribution in [0.3, 0.4) is 0 Å². The van der Waals surface area contributed by atoms with E-state index < -0.39 is 29.3 Å². The van der Waals surface area contributed by atoms with Gasteiger partial charge in [0, 0.05) is 12.5 Å². The van der Waals surface area contributed by atoms with E-state index in [9.17, 15) is 22.8 Å². The van der Waals surface area contributed by atoms with Crippen molar-refractivity contribution < 1.29 is 27.5 Å². The minimum absolute atomic E-state index is 0.0484. The van der Waals surface area contributed by atoms with Gasteiger partial charge in [-0.1, -0.05) is 11.6 Å². The van der Waals surface area contributed by atoms with Crippen LogP contribution < -0.4 is 4.90 Å². The average Bonchev–Trinajstić information content (AvgIpc) is 3.13. The topological polar surface area (TPSA) is 62.4 Å². The molecule has 1 saturated heterocycles. The molecule has 27 heavy (non-hydrogen) atoms. The van der Waals surface area contributed by atoms with Gasteiger partial charge in [0.15, 0.2) is 17.5 Å². The van der Waals surface area contributed by atoms with Crippen molar-refractivity contribution in [2.24, 2.45) is 5.92 Å². The molecule has 1 aromatic heterocycles. The van der Waals surface area contributed by atoms with Crippen LogP contribution in [0.15, 0.2) is 16.6 Å². The number of ether oxygens (including phenoxy) is 1. The molecule has 0 saturated carbocycles. The van der Waals surface area contributed by atoms with E-state index in [1.807, 2.05) is 0 Å². The van der Waals surface area contributed by atoms with E-state index in [-0.39, 0.29) is 38.9 Å². The van der Waals surface area contributed by atoms with Crippen LogP contribution in [0.25, 0.3) is 0 Å². The summed E-state index contributed by atoms with van der Waals surface area (Å²) in [5.74, 6) is -5.46. The fourth-order valence-electron chi connectivity index (χ4n) is 3.03. The van der Waals surface area contributed by atoms with Crippen molar-refractivity contribution in [1.29, 1.82) is 0 Å². The van der Waals surface area contributed by atoms with E-state index in [0.717, 1.165) is 12.1 Å². The van der Waals surface area contributed by atoms with Gasteiger partial charge in [-0.25, -0.2) is 18.0 Å².